The number of halogens is 1. The van der Waals surface area contributed by atoms with Crippen LogP contribution in [0.4, 0.5) is 5.69 Å². The van der Waals surface area contributed by atoms with E-state index in [4.69, 9.17) is 11.6 Å². The van der Waals surface area contributed by atoms with Gasteiger partial charge in [-0.15, -0.1) is 0 Å². The molecule has 1 fully saturated rings. The molecule has 2 aromatic rings. The molecule has 176 valence electrons. The number of hydrogen-bond acceptors (Lipinski definition) is 5. The fourth-order valence-electron chi connectivity index (χ4n) is 4.46. The molecule has 0 unspecified atom stereocenters. The molecule has 0 atom stereocenters. The van der Waals surface area contributed by atoms with E-state index >= 15 is 0 Å². The largest absolute Gasteiger partial charge is 0.310 e. The molecule has 0 aromatic heterocycles. The summed E-state index contributed by atoms with van der Waals surface area (Å²) >= 11 is 6.18. The van der Waals surface area contributed by atoms with Gasteiger partial charge in [0.25, 0.3) is 5.91 Å². The van der Waals surface area contributed by atoms with Crippen LogP contribution in [-0.4, -0.2) is 73.0 Å². The van der Waals surface area contributed by atoms with Crippen molar-refractivity contribution >= 4 is 29.1 Å². The average molecular weight is 470 g/mol. The van der Waals surface area contributed by atoms with Crippen molar-refractivity contribution in [2.24, 2.45) is 0 Å². The Hall–Kier alpha value is -2.45. The molecule has 4 rings (SSSR count). The maximum Gasteiger partial charge on any atom is 0.250 e. The van der Waals surface area contributed by atoms with E-state index in [-0.39, 0.29) is 24.9 Å². The molecule has 1 saturated heterocycles. The Balaban J connectivity index is 1.29. The van der Waals surface area contributed by atoms with Crippen molar-refractivity contribution < 1.29 is 9.59 Å². The lowest BCUT2D eigenvalue weighted by molar-refractivity contribution is -0.145. The number of anilines is 1. The van der Waals surface area contributed by atoms with Crippen molar-refractivity contribution in [1.29, 1.82) is 0 Å². The van der Waals surface area contributed by atoms with Gasteiger partial charge >= 0.3 is 0 Å². The Morgan fingerprint density at radius 3 is 2.30 bits per heavy atom. The number of rotatable bonds is 9. The number of nitrogens with one attached hydrogen (secondary N) is 1. The first-order valence-electron chi connectivity index (χ1n) is 11.6. The van der Waals surface area contributed by atoms with Crippen LogP contribution in [0.15, 0.2) is 48.5 Å². The first-order valence-corrected chi connectivity index (χ1v) is 12.0. The molecule has 8 heteroatoms. The molecule has 0 bridgehead atoms. The lowest BCUT2D eigenvalue weighted by atomic mass is 10.1. The van der Waals surface area contributed by atoms with Crippen LogP contribution in [0.1, 0.15) is 24.0 Å². The second-order valence-electron chi connectivity index (χ2n) is 8.69. The van der Waals surface area contributed by atoms with Gasteiger partial charge in [0.2, 0.25) is 5.91 Å². The molecule has 7 nitrogen and oxygen atoms in total. The molecule has 2 aliphatic heterocycles. The number of hydrazine groups is 1. The number of likely N-dealkylation sites (tertiary alicyclic amines) is 1. The molecule has 0 saturated carbocycles. The normalized spacial score (nSPS) is 16.1. The van der Waals surface area contributed by atoms with Gasteiger partial charge in [0.1, 0.15) is 0 Å². The maximum absolute atomic E-state index is 13.1. The van der Waals surface area contributed by atoms with Crippen molar-refractivity contribution in [2.45, 2.75) is 25.9 Å². The molecule has 2 heterocycles. The predicted molar refractivity (Wildman–Crippen MR) is 131 cm³/mol. The van der Waals surface area contributed by atoms with Crippen molar-refractivity contribution in [3.05, 3.63) is 64.7 Å². The first kappa shape index (κ1) is 23.7. The SMILES string of the molecule is CN(C(=O)CNCC(=O)N(CCN1CCCC1)c1cccc(Cl)c1)N1Cc2ccccc2C1. The van der Waals surface area contributed by atoms with Crippen LogP contribution in [0.5, 0.6) is 0 Å². The van der Waals surface area contributed by atoms with Crippen LogP contribution in [-0.2, 0) is 22.7 Å². The van der Waals surface area contributed by atoms with Gasteiger partial charge < -0.3 is 9.80 Å². The average Bonchev–Trinajstić information content (AvgIpc) is 3.48. The second kappa shape index (κ2) is 11.1. The number of likely N-dealkylation sites (N-methyl/N-ethyl adjacent to an activating group) is 1. The number of hydrogen-bond donors (Lipinski definition) is 1. The number of nitrogens with zero attached hydrogens (tertiary/aromatic N) is 4. The van der Waals surface area contributed by atoms with Gasteiger partial charge in [0, 0.05) is 43.9 Å². The van der Waals surface area contributed by atoms with Gasteiger partial charge in [-0.25, -0.2) is 5.01 Å². The zero-order chi connectivity index (χ0) is 23.2. The topological polar surface area (TPSA) is 59.1 Å². The van der Waals surface area contributed by atoms with E-state index in [9.17, 15) is 9.59 Å². The van der Waals surface area contributed by atoms with E-state index in [1.807, 2.05) is 35.3 Å². The summed E-state index contributed by atoms with van der Waals surface area (Å²) in [4.78, 5) is 29.9. The Labute approximate surface area is 200 Å². The molecule has 2 amide bonds. The van der Waals surface area contributed by atoms with Crippen molar-refractivity contribution in [2.75, 3.05) is 51.2 Å². The number of amides is 2. The quantitative estimate of drug-likeness (QED) is 0.612. The van der Waals surface area contributed by atoms with Crippen molar-refractivity contribution in [3.8, 4) is 0 Å². The van der Waals surface area contributed by atoms with Gasteiger partial charge in [0.05, 0.1) is 13.1 Å². The van der Waals surface area contributed by atoms with Gasteiger partial charge in [-0.3, -0.25) is 19.9 Å². The van der Waals surface area contributed by atoms with Crippen LogP contribution >= 0.6 is 11.6 Å². The van der Waals surface area contributed by atoms with E-state index in [2.05, 4.69) is 22.3 Å². The second-order valence-corrected chi connectivity index (χ2v) is 9.12. The molecular weight excluding hydrogens is 438 g/mol. The molecule has 2 aliphatic rings. The van der Waals surface area contributed by atoms with Crippen LogP contribution in [0, 0.1) is 0 Å². The van der Waals surface area contributed by atoms with Gasteiger partial charge in [-0.2, -0.15) is 0 Å². The third kappa shape index (κ3) is 6.12. The zero-order valence-electron chi connectivity index (χ0n) is 19.2. The minimum Gasteiger partial charge on any atom is -0.310 e. The Morgan fingerprint density at radius 1 is 0.970 bits per heavy atom. The summed E-state index contributed by atoms with van der Waals surface area (Å²) < 4.78 is 0. The minimum atomic E-state index is -0.0690. The van der Waals surface area contributed by atoms with Gasteiger partial charge in [-0.05, 0) is 55.3 Å². The highest BCUT2D eigenvalue weighted by molar-refractivity contribution is 6.30. The van der Waals surface area contributed by atoms with Crippen molar-refractivity contribution in [1.82, 2.24) is 20.2 Å². The van der Waals surface area contributed by atoms with E-state index in [0.29, 0.717) is 11.6 Å². The summed E-state index contributed by atoms with van der Waals surface area (Å²) in [6.45, 7) is 5.22. The van der Waals surface area contributed by atoms with E-state index in [1.165, 1.54) is 24.0 Å². The maximum atomic E-state index is 13.1. The predicted octanol–water partition coefficient (Wildman–Crippen LogP) is 2.75. The van der Waals surface area contributed by atoms with Crippen LogP contribution < -0.4 is 10.2 Å². The first-order chi connectivity index (χ1) is 16.0. The highest BCUT2D eigenvalue weighted by Crippen LogP contribution is 2.23. The lowest BCUT2D eigenvalue weighted by Gasteiger charge is -2.28. The Bertz CT molecular complexity index is 954. The monoisotopic (exact) mass is 469 g/mol. The Kier molecular flexibility index (Phi) is 7.98. The fourth-order valence-corrected chi connectivity index (χ4v) is 4.65. The van der Waals surface area contributed by atoms with Crippen molar-refractivity contribution in [3.63, 3.8) is 0 Å². The zero-order valence-corrected chi connectivity index (χ0v) is 19.9. The number of carbonyl (C=O) groups excluding carboxylic acids is 2. The number of fused-ring (bicyclic) bond motifs is 1. The summed E-state index contributed by atoms with van der Waals surface area (Å²) in [5.74, 6) is -0.137. The summed E-state index contributed by atoms with van der Waals surface area (Å²) in [6, 6.07) is 15.6. The summed E-state index contributed by atoms with van der Waals surface area (Å²) in [7, 11) is 1.78. The molecule has 0 aliphatic carbocycles. The third-order valence-electron chi connectivity index (χ3n) is 6.42. The minimum absolute atomic E-state index is 0.0676. The summed E-state index contributed by atoms with van der Waals surface area (Å²) in [5.41, 5.74) is 3.28. The standard InChI is InChI=1S/C25H32ClN5O2/c1-28(30-18-20-7-2-3-8-21(20)19-30)24(32)16-27-17-25(33)31(14-13-29-11-4-5-12-29)23-10-6-9-22(26)15-23/h2-3,6-10,15,27H,4-5,11-14,16-19H2,1H3. The number of carbonyl (C=O) groups is 2. The van der Waals surface area contributed by atoms with Crippen LogP contribution in [0.25, 0.3) is 0 Å². The smallest absolute Gasteiger partial charge is 0.250 e. The molecule has 33 heavy (non-hydrogen) atoms. The highest BCUT2D eigenvalue weighted by atomic mass is 35.5. The number of benzene rings is 2. The molecule has 1 N–H and O–H groups in total. The molecule has 2 aromatic carbocycles. The van der Waals surface area contributed by atoms with Crippen LogP contribution in [0.3, 0.4) is 0 Å². The molecular formula is C25H32ClN5O2. The van der Waals surface area contributed by atoms with Gasteiger partial charge in [0.15, 0.2) is 0 Å². The van der Waals surface area contributed by atoms with Gasteiger partial charge in [-0.1, -0.05) is 41.9 Å². The third-order valence-corrected chi connectivity index (χ3v) is 6.66. The fraction of sp³-hybridized carbons (Fsp3) is 0.440. The van der Waals surface area contributed by atoms with Crippen LogP contribution in [0.2, 0.25) is 5.02 Å². The molecule has 0 radical (unpaired) electrons. The summed E-state index contributed by atoms with van der Waals surface area (Å²) in [6.07, 6.45) is 2.43. The molecule has 0 spiro atoms. The highest BCUT2D eigenvalue weighted by Gasteiger charge is 2.25. The van der Waals surface area contributed by atoms with E-state index in [1.54, 1.807) is 23.0 Å². The van der Waals surface area contributed by atoms with E-state index in [0.717, 1.165) is 38.4 Å². The van der Waals surface area contributed by atoms with E-state index < -0.39 is 0 Å². The Morgan fingerprint density at radius 2 is 1.64 bits per heavy atom. The summed E-state index contributed by atoms with van der Waals surface area (Å²) in [5, 5.41) is 7.32. The lowest BCUT2D eigenvalue weighted by Crippen LogP contribution is -2.47.